The van der Waals surface area contributed by atoms with Crippen molar-refractivity contribution in [1.29, 1.82) is 0 Å². The van der Waals surface area contributed by atoms with Gasteiger partial charge >= 0.3 is 0 Å². The molecule has 0 heterocycles. The smallest absolute Gasteiger partial charge is 0.254 e. The number of hydrogen-bond acceptors (Lipinski definition) is 3. The maximum atomic E-state index is 12.6. The zero-order valence-electron chi connectivity index (χ0n) is 12.1. The molecular weight excluding hydrogens is 354 g/mol. The third-order valence-electron chi connectivity index (χ3n) is 3.88. The van der Waals surface area contributed by atoms with E-state index in [-0.39, 0.29) is 10.8 Å². The lowest BCUT2D eigenvalue weighted by Gasteiger charge is -2.28. The third kappa shape index (κ3) is 4.07. The van der Waals surface area contributed by atoms with Gasteiger partial charge in [-0.15, -0.1) is 0 Å². The van der Waals surface area contributed by atoms with Crippen molar-refractivity contribution < 1.29 is 13.2 Å². The average molecular weight is 374 g/mol. The second-order valence-electron chi connectivity index (χ2n) is 5.42. The molecule has 21 heavy (non-hydrogen) atoms. The number of amides is 1. The Morgan fingerprint density at radius 3 is 2.29 bits per heavy atom. The highest BCUT2D eigenvalue weighted by Crippen LogP contribution is 2.25. The number of carbonyl (C=O) groups is 1. The highest BCUT2D eigenvalue weighted by atomic mass is 79.9. The SMILES string of the molecule is CS(=O)(=O)c1ccc(C(=O)N(CCBr)C2CCCC2)cc1. The largest absolute Gasteiger partial charge is 0.335 e. The van der Waals surface area contributed by atoms with Crippen LogP contribution in [-0.2, 0) is 9.84 Å². The first-order valence-corrected chi connectivity index (χ1v) is 10.1. The van der Waals surface area contributed by atoms with Gasteiger partial charge in [-0.3, -0.25) is 4.79 Å². The van der Waals surface area contributed by atoms with Crippen molar-refractivity contribution in [3.63, 3.8) is 0 Å². The zero-order valence-corrected chi connectivity index (χ0v) is 14.5. The minimum atomic E-state index is -3.22. The summed E-state index contributed by atoms with van der Waals surface area (Å²) in [6.07, 6.45) is 5.62. The second kappa shape index (κ2) is 6.92. The summed E-state index contributed by atoms with van der Waals surface area (Å²) in [6.45, 7) is 0.678. The Labute approximate surface area is 134 Å². The lowest BCUT2D eigenvalue weighted by atomic mass is 10.1. The molecule has 4 nitrogen and oxygen atoms in total. The first-order chi connectivity index (χ1) is 9.93. The van der Waals surface area contributed by atoms with Gasteiger partial charge in [0.2, 0.25) is 0 Å². The van der Waals surface area contributed by atoms with E-state index in [2.05, 4.69) is 15.9 Å². The fraction of sp³-hybridized carbons (Fsp3) is 0.533. The molecule has 1 aliphatic rings. The van der Waals surface area contributed by atoms with Crippen molar-refractivity contribution in [2.24, 2.45) is 0 Å². The average Bonchev–Trinajstić information content (AvgIpc) is 2.97. The van der Waals surface area contributed by atoms with Gasteiger partial charge in [-0.2, -0.15) is 0 Å². The van der Waals surface area contributed by atoms with Crippen LogP contribution in [0.3, 0.4) is 0 Å². The predicted molar refractivity (Wildman–Crippen MR) is 86.6 cm³/mol. The molecule has 2 rings (SSSR count). The Bertz CT molecular complexity index is 592. The van der Waals surface area contributed by atoms with Gasteiger partial charge in [-0.1, -0.05) is 28.8 Å². The molecule has 6 heteroatoms. The summed E-state index contributed by atoms with van der Waals surface area (Å²) in [5.41, 5.74) is 0.551. The van der Waals surface area contributed by atoms with Gasteiger partial charge in [0.15, 0.2) is 9.84 Å². The molecule has 1 aromatic rings. The number of rotatable bonds is 5. The summed E-state index contributed by atoms with van der Waals surface area (Å²) < 4.78 is 22.9. The first-order valence-electron chi connectivity index (χ1n) is 7.10. The molecule has 0 bridgehead atoms. The van der Waals surface area contributed by atoms with Crippen molar-refractivity contribution >= 4 is 31.7 Å². The second-order valence-corrected chi connectivity index (χ2v) is 8.23. The molecule has 1 saturated carbocycles. The molecule has 0 spiro atoms. The summed E-state index contributed by atoms with van der Waals surface area (Å²) in [5.74, 6) is -0.0126. The number of halogens is 1. The molecule has 1 aliphatic carbocycles. The number of carbonyl (C=O) groups excluding carboxylic acids is 1. The zero-order chi connectivity index (χ0) is 15.5. The summed E-state index contributed by atoms with van der Waals surface area (Å²) in [7, 11) is -3.22. The van der Waals surface area contributed by atoms with E-state index < -0.39 is 9.84 Å². The Morgan fingerprint density at radius 2 is 1.81 bits per heavy atom. The first kappa shape index (κ1) is 16.5. The van der Waals surface area contributed by atoms with Crippen LogP contribution in [0.15, 0.2) is 29.2 Å². The number of sulfone groups is 1. The molecule has 0 atom stereocenters. The molecule has 0 unspecified atom stereocenters. The van der Waals surface area contributed by atoms with E-state index in [9.17, 15) is 13.2 Å². The molecule has 0 aliphatic heterocycles. The molecule has 0 N–H and O–H groups in total. The number of nitrogens with zero attached hydrogens (tertiary/aromatic N) is 1. The monoisotopic (exact) mass is 373 g/mol. The lowest BCUT2D eigenvalue weighted by molar-refractivity contribution is 0.0696. The van der Waals surface area contributed by atoms with Crippen molar-refractivity contribution in [1.82, 2.24) is 4.90 Å². The maximum Gasteiger partial charge on any atom is 0.254 e. The molecule has 1 aromatic carbocycles. The Balaban J connectivity index is 2.20. The lowest BCUT2D eigenvalue weighted by Crippen LogP contribution is -2.40. The molecular formula is C15H20BrNO3S. The fourth-order valence-corrected chi connectivity index (χ4v) is 3.78. The van der Waals surface area contributed by atoms with Crippen LogP contribution >= 0.6 is 15.9 Å². The highest BCUT2D eigenvalue weighted by Gasteiger charge is 2.26. The van der Waals surface area contributed by atoms with E-state index in [0.717, 1.165) is 18.2 Å². The van der Waals surface area contributed by atoms with Gasteiger partial charge in [0.05, 0.1) is 4.90 Å². The third-order valence-corrected chi connectivity index (χ3v) is 5.36. The molecule has 116 valence electrons. The van der Waals surface area contributed by atoms with E-state index in [1.165, 1.54) is 31.2 Å². The van der Waals surface area contributed by atoms with E-state index in [1.54, 1.807) is 12.1 Å². The van der Waals surface area contributed by atoms with E-state index in [4.69, 9.17) is 0 Å². The number of hydrogen-bond donors (Lipinski definition) is 0. The van der Waals surface area contributed by atoms with Crippen LogP contribution in [0, 0.1) is 0 Å². The van der Waals surface area contributed by atoms with E-state index in [1.807, 2.05) is 4.90 Å². The van der Waals surface area contributed by atoms with Gasteiger partial charge < -0.3 is 4.90 Å². The molecule has 0 aromatic heterocycles. The van der Waals surface area contributed by atoms with Crippen LogP contribution in [-0.4, -0.2) is 43.4 Å². The fourth-order valence-electron chi connectivity index (χ4n) is 2.77. The Morgan fingerprint density at radius 1 is 1.24 bits per heavy atom. The quantitative estimate of drug-likeness (QED) is 0.745. The Kier molecular flexibility index (Phi) is 5.43. The Hall–Kier alpha value is -0.880. The van der Waals surface area contributed by atoms with Crippen molar-refractivity contribution in [3.05, 3.63) is 29.8 Å². The predicted octanol–water partition coefficient (Wildman–Crippen LogP) is 2.87. The minimum Gasteiger partial charge on any atom is -0.335 e. The number of alkyl halides is 1. The van der Waals surface area contributed by atoms with Gasteiger partial charge in [0.25, 0.3) is 5.91 Å². The molecule has 0 saturated heterocycles. The van der Waals surface area contributed by atoms with Gasteiger partial charge in [0.1, 0.15) is 0 Å². The molecule has 1 amide bonds. The van der Waals surface area contributed by atoms with Crippen LogP contribution in [0.4, 0.5) is 0 Å². The topological polar surface area (TPSA) is 54.5 Å². The highest BCUT2D eigenvalue weighted by molar-refractivity contribution is 9.09. The standard InChI is InChI=1S/C15H20BrNO3S/c1-21(19,20)14-8-6-12(7-9-14)15(18)17(11-10-16)13-4-2-3-5-13/h6-9,13H,2-5,10-11H2,1H3. The number of benzene rings is 1. The molecule has 0 radical (unpaired) electrons. The van der Waals surface area contributed by atoms with Gasteiger partial charge in [0, 0.05) is 29.7 Å². The summed E-state index contributed by atoms with van der Waals surface area (Å²) in [4.78, 5) is 14.8. The summed E-state index contributed by atoms with van der Waals surface area (Å²) >= 11 is 3.40. The van der Waals surface area contributed by atoms with Crippen molar-refractivity contribution in [3.8, 4) is 0 Å². The molecule has 1 fully saturated rings. The minimum absolute atomic E-state index is 0.0126. The normalized spacial score (nSPS) is 16.1. The van der Waals surface area contributed by atoms with E-state index in [0.29, 0.717) is 18.2 Å². The van der Waals surface area contributed by atoms with Gasteiger partial charge in [-0.25, -0.2) is 8.42 Å². The van der Waals surface area contributed by atoms with Crippen LogP contribution in [0.1, 0.15) is 36.0 Å². The summed E-state index contributed by atoms with van der Waals surface area (Å²) in [6, 6.07) is 6.53. The van der Waals surface area contributed by atoms with Crippen LogP contribution in [0.25, 0.3) is 0 Å². The van der Waals surface area contributed by atoms with Gasteiger partial charge in [-0.05, 0) is 37.1 Å². The van der Waals surface area contributed by atoms with E-state index >= 15 is 0 Å². The van der Waals surface area contributed by atoms with Crippen molar-refractivity contribution in [2.45, 2.75) is 36.6 Å². The maximum absolute atomic E-state index is 12.6. The van der Waals surface area contributed by atoms with Crippen LogP contribution in [0.5, 0.6) is 0 Å². The van der Waals surface area contributed by atoms with Crippen LogP contribution < -0.4 is 0 Å². The van der Waals surface area contributed by atoms with Crippen LogP contribution in [0.2, 0.25) is 0 Å². The van der Waals surface area contributed by atoms with Crippen molar-refractivity contribution in [2.75, 3.05) is 18.1 Å². The summed E-state index contributed by atoms with van der Waals surface area (Å²) in [5, 5.41) is 0.747.